The number of aromatic carboxylic acids is 1. The number of carboxylic acids is 1. The smallest absolute Gasteiger partial charge is 0.335 e. The minimum atomic E-state index is -0.994. The van der Waals surface area contributed by atoms with E-state index in [0.717, 1.165) is 0 Å². The molecule has 2 aromatic carbocycles. The molecule has 0 spiro atoms. The van der Waals surface area contributed by atoms with Crippen LogP contribution in [0.4, 0.5) is 17.1 Å². The number of nitrogens with two attached hydrogens (primary N) is 1. The Balaban J connectivity index is 2.27. The van der Waals surface area contributed by atoms with Crippen LogP contribution < -0.4 is 5.73 Å². The predicted molar refractivity (Wildman–Crippen MR) is 68.4 cm³/mol. The molecule has 0 aliphatic carbocycles. The second-order valence-electron chi connectivity index (χ2n) is 3.61. The van der Waals surface area contributed by atoms with Crippen LogP contribution in [-0.4, -0.2) is 11.1 Å². The molecule has 5 heteroatoms. The zero-order chi connectivity index (χ0) is 13.0. The van der Waals surface area contributed by atoms with Gasteiger partial charge in [-0.2, -0.15) is 5.11 Å². The van der Waals surface area contributed by atoms with Gasteiger partial charge in [0.2, 0.25) is 0 Å². The maximum atomic E-state index is 10.8. The third-order valence-corrected chi connectivity index (χ3v) is 2.30. The molecule has 18 heavy (non-hydrogen) atoms. The zero-order valence-corrected chi connectivity index (χ0v) is 9.45. The van der Waals surface area contributed by atoms with E-state index in [-0.39, 0.29) is 5.56 Å². The highest BCUT2D eigenvalue weighted by molar-refractivity contribution is 5.88. The van der Waals surface area contributed by atoms with Crippen molar-refractivity contribution < 1.29 is 9.90 Å². The molecular formula is C13H11N3O2. The molecule has 0 aromatic heterocycles. The van der Waals surface area contributed by atoms with Crippen molar-refractivity contribution in [3.63, 3.8) is 0 Å². The molecule has 0 aliphatic rings. The molecule has 2 rings (SSSR count). The van der Waals surface area contributed by atoms with Gasteiger partial charge in [-0.05, 0) is 30.3 Å². The van der Waals surface area contributed by atoms with E-state index in [0.29, 0.717) is 17.1 Å². The normalized spacial score (nSPS) is 10.7. The molecule has 3 N–H and O–H groups in total. The van der Waals surface area contributed by atoms with E-state index in [4.69, 9.17) is 10.8 Å². The van der Waals surface area contributed by atoms with Gasteiger partial charge >= 0.3 is 5.97 Å². The first kappa shape index (κ1) is 11.8. The lowest BCUT2D eigenvalue weighted by Gasteiger charge is -1.98. The Labute approximate surface area is 104 Å². The fraction of sp³-hybridized carbons (Fsp3) is 0. The molecule has 2 aromatic rings. The fourth-order valence-corrected chi connectivity index (χ4v) is 1.39. The monoisotopic (exact) mass is 241 g/mol. The van der Waals surface area contributed by atoms with E-state index in [1.165, 1.54) is 12.1 Å². The van der Waals surface area contributed by atoms with Crippen LogP contribution in [0.5, 0.6) is 0 Å². The summed E-state index contributed by atoms with van der Waals surface area (Å²) in [4.78, 5) is 10.8. The van der Waals surface area contributed by atoms with Gasteiger partial charge in [-0.1, -0.05) is 18.2 Å². The first-order valence-corrected chi connectivity index (χ1v) is 5.26. The van der Waals surface area contributed by atoms with Gasteiger partial charge in [0, 0.05) is 0 Å². The molecule has 90 valence electrons. The lowest BCUT2D eigenvalue weighted by molar-refractivity contribution is 0.0697. The molecule has 0 bridgehead atoms. The second-order valence-corrected chi connectivity index (χ2v) is 3.61. The number of nitrogen functional groups attached to an aromatic ring is 1. The van der Waals surface area contributed by atoms with Crippen LogP contribution in [0.1, 0.15) is 10.4 Å². The summed E-state index contributed by atoms with van der Waals surface area (Å²) in [6, 6.07) is 13.3. The van der Waals surface area contributed by atoms with Crippen molar-refractivity contribution in [2.45, 2.75) is 0 Å². The summed E-state index contributed by atoms with van der Waals surface area (Å²) in [5.41, 5.74) is 7.44. The van der Waals surface area contributed by atoms with Crippen molar-refractivity contribution in [3.8, 4) is 0 Å². The number of carbonyl (C=O) groups is 1. The Morgan fingerprint density at radius 2 is 1.83 bits per heavy atom. The standard InChI is InChI=1S/C13H11N3O2/c14-11-6-1-2-7-12(11)16-15-10-5-3-4-9(8-10)13(17)18/h1-8H,14H2,(H,17,18). The number of para-hydroxylation sites is 1. The Kier molecular flexibility index (Phi) is 3.33. The van der Waals surface area contributed by atoms with Gasteiger partial charge < -0.3 is 10.8 Å². The van der Waals surface area contributed by atoms with Crippen molar-refractivity contribution in [2.24, 2.45) is 10.2 Å². The summed E-state index contributed by atoms with van der Waals surface area (Å²) >= 11 is 0. The third kappa shape index (κ3) is 2.70. The molecule has 0 saturated carbocycles. The number of carboxylic acid groups (broad SMARTS) is 1. The van der Waals surface area contributed by atoms with Crippen LogP contribution in [0, 0.1) is 0 Å². The van der Waals surface area contributed by atoms with Gasteiger partial charge in [-0.15, -0.1) is 5.11 Å². The maximum absolute atomic E-state index is 10.8. The first-order chi connectivity index (χ1) is 8.66. The zero-order valence-electron chi connectivity index (χ0n) is 9.45. The molecule has 0 radical (unpaired) electrons. The van der Waals surface area contributed by atoms with Crippen LogP contribution >= 0.6 is 0 Å². The quantitative estimate of drug-likeness (QED) is 0.637. The Hall–Kier alpha value is -2.69. The average Bonchev–Trinajstić information content (AvgIpc) is 2.38. The second kappa shape index (κ2) is 5.09. The van der Waals surface area contributed by atoms with Crippen LogP contribution in [-0.2, 0) is 0 Å². The highest BCUT2D eigenvalue weighted by Crippen LogP contribution is 2.24. The van der Waals surface area contributed by atoms with Crippen molar-refractivity contribution in [1.82, 2.24) is 0 Å². The largest absolute Gasteiger partial charge is 0.478 e. The lowest BCUT2D eigenvalue weighted by Crippen LogP contribution is -1.94. The van der Waals surface area contributed by atoms with E-state index in [1.54, 1.807) is 36.4 Å². The Morgan fingerprint density at radius 3 is 2.56 bits per heavy atom. The van der Waals surface area contributed by atoms with Gasteiger partial charge in [0.15, 0.2) is 0 Å². The van der Waals surface area contributed by atoms with Crippen molar-refractivity contribution in [1.29, 1.82) is 0 Å². The molecular weight excluding hydrogens is 230 g/mol. The van der Waals surface area contributed by atoms with Gasteiger partial charge in [0.1, 0.15) is 5.69 Å². The Morgan fingerprint density at radius 1 is 1.06 bits per heavy atom. The van der Waals surface area contributed by atoms with E-state index in [9.17, 15) is 4.79 Å². The van der Waals surface area contributed by atoms with Crippen LogP contribution in [0.25, 0.3) is 0 Å². The third-order valence-electron chi connectivity index (χ3n) is 2.30. The van der Waals surface area contributed by atoms with Crippen LogP contribution in [0.2, 0.25) is 0 Å². The van der Waals surface area contributed by atoms with Crippen molar-refractivity contribution in [3.05, 3.63) is 54.1 Å². The van der Waals surface area contributed by atoms with E-state index < -0.39 is 5.97 Å². The number of azo groups is 1. The van der Waals surface area contributed by atoms with Gasteiger partial charge in [-0.25, -0.2) is 4.79 Å². The number of anilines is 1. The number of rotatable bonds is 3. The highest BCUT2D eigenvalue weighted by atomic mass is 16.4. The molecule has 0 amide bonds. The molecule has 0 unspecified atom stereocenters. The van der Waals surface area contributed by atoms with Crippen molar-refractivity contribution in [2.75, 3.05) is 5.73 Å². The summed E-state index contributed by atoms with van der Waals surface area (Å²) in [5.74, 6) is -0.994. The van der Waals surface area contributed by atoms with Crippen LogP contribution in [0.3, 0.4) is 0 Å². The van der Waals surface area contributed by atoms with E-state index >= 15 is 0 Å². The van der Waals surface area contributed by atoms with E-state index in [2.05, 4.69) is 10.2 Å². The average molecular weight is 241 g/mol. The molecule has 0 aliphatic heterocycles. The summed E-state index contributed by atoms with van der Waals surface area (Å²) in [6.07, 6.45) is 0. The minimum absolute atomic E-state index is 0.174. The first-order valence-electron chi connectivity index (χ1n) is 5.26. The fourth-order valence-electron chi connectivity index (χ4n) is 1.39. The van der Waals surface area contributed by atoms with Gasteiger partial charge in [0.05, 0.1) is 16.9 Å². The van der Waals surface area contributed by atoms with E-state index in [1.807, 2.05) is 0 Å². The Bertz CT molecular complexity index is 609. The number of nitrogens with zero attached hydrogens (tertiary/aromatic N) is 2. The summed E-state index contributed by atoms with van der Waals surface area (Å²) < 4.78 is 0. The lowest BCUT2D eigenvalue weighted by atomic mass is 10.2. The number of hydrogen-bond donors (Lipinski definition) is 2. The minimum Gasteiger partial charge on any atom is -0.478 e. The molecule has 0 fully saturated rings. The molecule has 0 atom stereocenters. The molecule has 0 saturated heterocycles. The summed E-state index contributed by atoms with van der Waals surface area (Å²) in [5, 5.41) is 16.8. The summed E-state index contributed by atoms with van der Waals surface area (Å²) in [7, 11) is 0. The number of hydrogen-bond acceptors (Lipinski definition) is 4. The SMILES string of the molecule is Nc1ccccc1N=Nc1cccc(C(=O)O)c1. The maximum Gasteiger partial charge on any atom is 0.335 e. The van der Waals surface area contributed by atoms with Crippen molar-refractivity contribution >= 4 is 23.0 Å². The summed E-state index contributed by atoms with van der Waals surface area (Å²) in [6.45, 7) is 0. The number of benzene rings is 2. The predicted octanol–water partition coefficient (Wildman–Crippen LogP) is 3.38. The van der Waals surface area contributed by atoms with Gasteiger partial charge in [0.25, 0.3) is 0 Å². The van der Waals surface area contributed by atoms with Gasteiger partial charge in [-0.3, -0.25) is 0 Å². The molecule has 0 heterocycles. The molecule has 5 nitrogen and oxygen atoms in total. The highest BCUT2D eigenvalue weighted by Gasteiger charge is 2.02. The van der Waals surface area contributed by atoms with Crippen LogP contribution in [0.15, 0.2) is 58.8 Å². The topological polar surface area (TPSA) is 88.0 Å².